The Bertz CT molecular complexity index is 1290. The molecule has 5 rings (SSSR count). The number of nitrogens with zero attached hydrogens (tertiary/aromatic N) is 2. The van der Waals surface area contributed by atoms with Crippen LogP contribution in [-0.4, -0.2) is 18.0 Å². The molecule has 1 aromatic heterocycles. The van der Waals surface area contributed by atoms with Crippen LogP contribution in [0.15, 0.2) is 62.4 Å². The molecule has 29 heavy (non-hydrogen) atoms. The number of hydrogen-bond acceptors (Lipinski definition) is 5. The van der Waals surface area contributed by atoms with Gasteiger partial charge in [0.2, 0.25) is 12.7 Å². The smallest absolute Gasteiger partial charge is 0.231 e. The van der Waals surface area contributed by atoms with Gasteiger partial charge in [0, 0.05) is 16.3 Å². The van der Waals surface area contributed by atoms with Crippen molar-refractivity contribution in [1.29, 1.82) is 0 Å². The third-order valence-electron chi connectivity index (χ3n) is 4.38. The number of hydrogen-bond donors (Lipinski definition) is 0. The van der Waals surface area contributed by atoms with Crippen LogP contribution in [0.5, 0.6) is 11.5 Å². The van der Waals surface area contributed by atoms with Crippen molar-refractivity contribution in [1.82, 2.24) is 4.98 Å². The standard InChI is InChI=1S/C21H11BrClFN2O3/c22-15-8-20-19(27-10-28-20)5-11(15)9-25-13-2-4-18-17(7-13)26-21(29-18)14-3-1-12(24)6-16(14)23/h1-9H,10H2. The van der Waals surface area contributed by atoms with Crippen molar-refractivity contribution in [2.45, 2.75) is 0 Å². The Hall–Kier alpha value is -2.90. The van der Waals surface area contributed by atoms with Crippen molar-refractivity contribution in [3.05, 3.63) is 69.4 Å². The summed E-state index contributed by atoms with van der Waals surface area (Å²) in [5, 5.41) is 0.238. The highest BCUT2D eigenvalue weighted by molar-refractivity contribution is 9.10. The van der Waals surface area contributed by atoms with E-state index in [-0.39, 0.29) is 11.8 Å². The van der Waals surface area contributed by atoms with Gasteiger partial charge in [0.25, 0.3) is 0 Å². The van der Waals surface area contributed by atoms with Crippen LogP contribution in [0.3, 0.4) is 0 Å². The van der Waals surface area contributed by atoms with Gasteiger partial charge in [-0.3, -0.25) is 4.99 Å². The summed E-state index contributed by atoms with van der Waals surface area (Å²) in [7, 11) is 0. The molecule has 144 valence electrons. The van der Waals surface area contributed by atoms with Crippen LogP contribution in [0.1, 0.15) is 5.56 Å². The molecule has 0 fully saturated rings. The summed E-state index contributed by atoms with van der Waals surface area (Å²) in [5.41, 5.74) is 3.29. The molecule has 3 aromatic carbocycles. The Labute approximate surface area is 177 Å². The molecule has 5 nitrogen and oxygen atoms in total. The fourth-order valence-electron chi connectivity index (χ4n) is 2.95. The Balaban J connectivity index is 1.47. The van der Waals surface area contributed by atoms with E-state index < -0.39 is 5.82 Å². The van der Waals surface area contributed by atoms with Crippen LogP contribution in [0.25, 0.3) is 22.6 Å². The zero-order chi connectivity index (χ0) is 20.0. The lowest BCUT2D eigenvalue weighted by Gasteiger charge is -2.01. The van der Waals surface area contributed by atoms with Gasteiger partial charge in [-0.25, -0.2) is 9.37 Å². The minimum atomic E-state index is -0.416. The average Bonchev–Trinajstić information content (AvgIpc) is 3.31. The third-order valence-corrected chi connectivity index (χ3v) is 5.38. The summed E-state index contributed by atoms with van der Waals surface area (Å²) in [6.45, 7) is 0.214. The summed E-state index contributed by atoms with van der Waals surface area (Å²) in [4.78, 5) is 8.98. The number of aliphatic imine (C=N–C) groups is 1. The molecular weight excluding hydrogens is 463 g/mol. The Morgan fingerprint density at radius 2 is 1.90 bits per heavy atom. The number of fused-ring (bicyclic) bond motifs is 2. The fraction of sp³-hybridized carbons (Fsp3) is 0.0476. The summed E-state index contributed by atoms with van der Waals surface area (Å²) in [5.74, 6) is 1.29. The van der Waals surface area contributed by atoms with Gasteiger partial charge >= 0.3 is 0 Å². The first-order valence-electron chi connectivity index (χ1n) is 8.56. The van der Waals surface area contributed by atoms with Gasteiger partial charge in [0.1, 0.15) is 11.3 Å². The molecule has 0 radical (unpaired) electrons. The zero-order valence-electron chi connectivity index (χ0n) is 14.7. The highest BCUT2D eigenvalue weighted by Crippen LogP contribution is 2.37. The van der Waals surface area contributed by atoms with E-state index in [1.165, 1.54) is 12.1 Å². The van der Waals surface area contributed by atoms with Crippen molar-refractivity contribution in [3.8, 4) is 23.0 Å². The summed E-state index contributed by atoms with van der Waals surface area (Å²) in [6.07, 6.45) is 1.73. The Morgan fingerprint density at radius 1 is 1.07 bits per heavy atom. The molecule has 0 unspecified atom stereocenters. The van der Waals surface area contributed by atoms with E-state index in [0.29, 0.717) is 39.7 Å². The molecule has 8 heteroatoms. The van der Waals surface area contributed by atoms with Gasteiger partial charge in [-0.15, -0.1) is 0 Å². The summed E-state index contributed by atoms with van der Waals surface area (Å²) in [6, 6.07) is 13.2. The second kappa shape index (κ2) is 7.17. The predicted octanol–water partition coefficient (Wildman–Crippen LogP) is 6.53. The van der Waals surface area contributed by atoms with Gasteiger partial charge in [0.05, 0.1) is 16.3 Å². The highest BCUT2D eigenvalue weighted by atomic mass is 79.9. The molecule has 0 saturated carbocycles. The van der Waals surface area contributed by atoms with Crippen molar-refractivity contribution in [2.24, 2.45) is 4.99 Å². The Morgan fingerprint density at radius 3 is 2.72 bits per heavy atom. The monoisotopic (exact) mass is 472 g/mol. The molecule has 0 spiro atoms. The van der Waals surface area contributed by atoms with Gasteiger partial charge in [0.15, 0.2) is 17.1 Å². The van der Waals surface area contributed by atoms with Crippen LogP contribution in [-0.2, 0) is 0 Å². The van der Waals surface area contributed by atoms with E-state index in [1.54, 1.807) is 24.4 Å². The molecule has 1 aliphatic heterocycles. The molecule has 0 amide bonds. The minimum absolute atomic E-state index is 0.214. The van der Waals surface area contributed by atoms with E-state index in [0.717, 1.165) is 10.0 Å². The highest BCUT2D eigenvalue weighted by Gasteiger charge is 2.16. The minimum Gasteiger partial charge on any atom is -0.454 e. The first-order valence-corrected chi connectivity index (χ1v) is 9.73. The maximum absolute atomic E-state index is 13.3. The molecule has 0 N–H and O–H groups in total. The number of oxazole rings is 1. The lowest BCUT2D eigenvalue weighted by Crippen LogP contribution is -1.92. The van der Waals surface area contributed by atoms with Crippen molar-refractivity contribution in [2.75, 3.05) is 6.79 Å². The van der Waals surface area contributed by atoms with Crippen molar-refractivity contribution < 1.29 is 18.3 Å². The van der Waals surface area contributed by atoms with Crippen molar-refractivity contribution in [3.63, 3.8) is 0 Å². The SMILES string of the molecule is Fc1ccc(-c2nc3cc(N=Cc4cc5c(cc4Br)OCO5)ccc3o2)c(Cl)c1. The molecule has 4 aromatic rings. The molecule has 0 bridgehead atoms. The second-order valence-corrected chi connectivity index (χ2v) is 7.54. The number of aromatic nitrogens is 1. The largest absolute Gasteiger partial charge is 0.454 e. The van der Waals surface area contributed by atoms with Crippen LogP contribution < -0.4 is 9.47 Å². The fourth-order valence-corrected chi connectivity index (χ4v) is 3.62. The maximum Gasteiger partial charge on any atom is 0.231 e. The molecule has 0 atom stereocenters. The first-order chi connectivity index (χ1) is 14.1. The summed E-state index contributed by atoms with van der Waals surface area (Å²) < 4.78 is 30.6. The zero-order valence-corrected chi connectivity index (χ0v) is 17.0. The van der Waals surface area contributed by atoms with Crippen LogP contribution in [0.2, 0.25) is 5.02 Å². The van der Waals surface area contributed by atoms with Crippen molar-refractivity contribution >= 4 is 50.5 Å². The molecule has 2 heterocycles. The van der Waals surface area contributed by atoms with E-state index >= 15 is 0 Å². The molecular formula is C21H11BrClFN2O3. The quantitative estimate of drug-likeness (QED) is 0.317. The number of ether oxygens (including phenoxy) is 2. The number of rotatable bonds is 3. The maximum atomic E-state index is 13.3. The molecule has 0 aliphatic carbocycles. The predicted molar refractivity (Wildman–Crippen MR) is 112 cm³/mol. The average molecular weight is 474 g/mol. The van der Waals surface area contributed by atoms with Crippen LogP contribution in [0, 0.1) is 5.82 Å². The van der Waals surface area contributed by atoms with Gasteiger partial charge in [-0.05, 0) is 64.5 Å². The molecule has 0 saturated heterocycles. The van der Waals surface area contributed by atoms with E-state index in [9.17, 15) is 4.39 Å². The van der Waals surface area contributed by atoms with Gasteiger partial charge in [-0.2, -0.15) is 0 Å². The van der Waals surface area contributed by atoms with E-state index in [1.807, 2.05) is 18.2 Å². The van der Waals surface area contributed by atoms with Crippen LogP contribution >= 0.6 is 27.5 Å². The van der Waals surface area contributed by atoms with E-state index in [4.69, 9.17) is 25.5 Å². The van der Waals surface area contributed by atoms with Crippen LogP contribution in [0.4, 0.5) is 10.1 Å². The third kappa shape index (κ3) is 3.47. The Kier molecular flexibility index (Phi) is 4.49. The first kappa shape index (κ1) is 18.1. The molecule has 1 aliphatic rings. The number of benzene rings is 3. The van der Waals surface area contributed by atoms with Gasteiger partial charge in [-0.1, -0.05) is 11.6 Å². The summed E-state index contributed by atoms with van der Waals surface area (Å²) >= 11 is 9.62. The van der Waals surface area contributed by atoms with Gasteiger partial charge < -0.3 is 13.9 Å². The lowest BCUT2D eigenvalue weighted by atomic mass is 10.2. The second-order valence-electron chi connectivity index (χ2n) is 6.28. The topological polar surface area (TPSA) is 56.9 Å². The number of halogens is 3. The van der Waals surface area contributed by atoms with E-state index in [2.05, 4.69) is 25.9 Å². The normalized spacial score (nSPS) is 12.9. The lowest BCUT2D eigenvalue weighted by molar-refractivity contribution is 0.174.